The van der Waals surface area contributed by atoms with E-state index >= 15 is 0 Å². The molecule has 10 heteroatoms. The summed E-state index contributed by atoms with van der Waals surface area (Å²) < 4.78 is 21.4. The molecule has 0 saturated heterocycles. The molecule has 0 radical (unpaired) electrons. The normalized spacial score (nSPS) is 10.2. The smallest absolute Gasteiger partial charge is 0.238 e. The Morgan fingerprint density at radius 2 is 1.12 bits per heavy atom. The van der Waals surface area contributed by atoms with Gasteiger partial charge in [0.15, 0.2) is 5.82 Å². The highest BCUT2D eigenvalue weighted by atomic mass is 32.2. The molecule has 8 N–H and O–H groups in total. The molecule has 32 heavy (non-hydrogen) atoms. The van der Waals surface area contributed by atoms with Crippen LogP contribution in [0, 0.1) is 6.92 Å². The number of benzene rings is 3. The van der Waals surface area contributed by atoms with Crippen molar-refractivity contribution in [1.82, 2.24) is 15.0 Å². The molecule has 0 unspecified atom stereocenters. The van der Waals surface area contributed by atoms with Crippen LogP contribution in [0.1, 0.15) is 5.56 Å². The highest BCUT2D eigenvalue weighted by Crippen LogP contribution is 2.14. The Labute approximate surface area is 187 Å². The predicted octanol–water partition coefficient (Wildman–Crippen LogP) is 2.61. The molecular formula is C22H25N7O2S. The monoisotopic (exact) mass is 451 g/mol. The minimum Gasteiger partial charge on any atom is -0.399 e. The zero-order chi connectivity index (χ0) is 23.6. The largest absolute Gasteiger partial charge is 0.399 e. The van der Waals surface area contributed by atoms with Gasteiger partial charge in [-0.15, -0.1) is 0 Å². The molecule has 4 rings (SSSR count). The fourth-order valence-electron chi connectivity index (χ4n) is 2.32. The lowest BCUT2D eigenvalue weighted by molar-refractivity contribution is 0.598. The number of hydrogen-bond donors (Lipinski definition) is 4. The lowest BCUT2D eigenvalue weighted by Crippen LogP contribution is -2.11. The van der Waals surface area contributed by atoms with Gasteiger partial charge in [-0.1, -0.05) is 66.2 Å². The first-order valence-corrected chi connectivity index (χ1v) is 10.9. The molecule has 9 nitrogen and oxygen atoms in total. The van der Waals surface area contributed by atoms with Crippen molar-refractivity contribution in [2.45, 2.75) is 11.8 Å². The van der Waals surface area contributed by atoms with Crippen LogP contribution in [0.15, 0.2) is 89.8 Å². The SMILES string of the molecule is Cc1ccccc1.Nc1ccc(S(N)(=O)=O)cc1.Nc1nc(N)nc(-c2ccccc2)n1. The van der Waals surface area contributed by atoms with Crippen molar-refractivity contribution < 1.29 is 8.42 Å². The predicted molar refractivity (Wildman–Crippen MR) is 127 cm³/mol. The summed E-state index contributed by atoms with van der Waals surface area (Å²) in [6.07, 6.45) is 0. The average molecular weight is 452 g/mol. The molecule has 0 aliphatic heterocycles. The van der Waals surface area contributed by atoms with Crippen molar-refractivity contribution >= 4 is 27.6 Å². The van der Waals surface area contributed by atoms with E-state index in [9.17, 15) is 8.42 Å². The summed E-state index contributed by atoms with van der Waals surface area (Å²) in [4.78, 5) is 11.7. The first-order chi connectivity index (χ1) is 15.1. The molecule has 0 fully saturated rings. The van der Waals surface area contributed by atoms with Gasteiger partial charge in [-0.05, 0) is 31.2 Å². The molecule has 3 aromatic carbocycles. The zero-order valence-corrected chi connectivity index (χ0v) is 18.3. The van der Waals surface area contributed by atoms with Crippen LogP contribution < -0.4 is 22.3 Å². The molecule has 0 aliphatic rings. The third-order valence-corrected chi connectivity index (χ3v) is 4.78. The Kier molecular flexibility index (Phi) is 8.63. The van der Waals surface area contributed by atoms with Crippen molar-refractivity contribution in [1.29, 1.82) is 0 Å². The van der Waals surface area contributed by atoms with Gasteiger partial charge >= 0.3 is 0 Å². The summed E-state index contributed by atoms with van der Waals surface area (Å²) in [5.74, 6) is 0.767. The maximum Gasteiger partial charge on any atom is 0.238 e. The summed E-state index contributed by atoms with van der Waals surface area (Å²) in [5, 5.41) is 4.84. The van der Waals surface area contributed by atoms with E-state index in [1.54, 1.807) is 0 Å². The summed E-state index contributed by atoms with van der Waals surface area (Å²) in [6, 6.07) is 25.4. The molecule has 1 aromatic heterocycles. The Hall–Kier alpha value is -4.02. The van der Waals surface area contributed by atoms with Crippen LogP contribution in [-0.4, -0.2) is 23.4 Å². The number of nitrogens with two attached hydrogens (primary N) is 4. The van der Waals surface area contributed by atoms with E-state index in [1.807, 2.05) is 48.5 Å². The standard InChI is InChI=1S/C9H9N5.C7H8.C6H8N2O2S/c10-8-12-7(13-9(11)14-8)6-4-2-1-3-5-6;1-7-5-3-2-4-6-7;7-5-1-3-6(4-2-5)11(8,9)10/h1-5H,(H4,10,11,12,13,14);2-6H,1H3;1-4H,7H2,(H2,8,9,10). The van der Waals surface area contributed by atoms with Gasteiger partial charge in [0.1, 0.15) is 0 Å². The van der Waals surface area contributed by atoms with Crippen molar-refractivity contribution in [3.63, 3.8) is 0 Å². The number of primary sulfonamides is 1. The second-order valence-corrected chi connectivity index (χ2v) is 8.07. The lowest BCUT2D eigenvalue weighted by atomic mass is 10.2. The number of nitrogen functional groups attached to an aromatic ring is 3. The first kappa shape index (κ1) is 24.3. The molecular weight excluding hydrogens is 426 g/mol. The van der Waals surface area contributed by atoms with E-state index in [0.29, 0.717) is 11.5 Å². The van der Waals surface area contributed by atoms with Crippen LogP contribution in [0.25, 0.3) is 11.4 Å². The van der Waals surface area contributed by atoms with E-state index in [-0.39, 0.29) is 16.8 Å². The van der Waals surface area contributed by atoms with E-state index in [2.05, 4.69) is 34.0 Å². The number of anilines is 3. The number of sulfonamides is 1. The fourth-order valence-corrected chi connectivity index (χ4v) is 2.83. The molecule has 0 saturated carbocycles. The number of rotatable bonds is 2. The topological polar surface area (TPSA) is 177 Å². The first-order valence-electron chi connectivity index (χ1n) is 9.37. The number of aromatic nitrogens is 3. The summed E-state index contributed by atoms with van der Waals surface area (Å²) in [7, 11) is -3.58. The number of hydrogen-bond acceptors (Lipinski definition) is 8. The Morgan fingerprint density at radius 3 is 1.53 bits per heavy atom. The minimum atomic E-state index is -3.58. The molecule has 0 amide bonds. The molecule has 1 heterocycles. The zero-order valence-electron chi connectivity index (χ0n) is 17.5. The van der Waals surface area contributed by atoms with Gasteiger partial charge in [0.05, 0.1) is 4.90 Å². The maximum absolute atomic E-state index is 10.7. The molecule has 4 aromatic rings. The molecule has 0 aliphatic carbocycles. The highest BCUT2D eigenvalue weighted by Gasteiger charge is 2.05. The minimum absolute atomic E-state index is 0.0756. The second kappa shape index (κ2) is 11.4. The van der Waals surface area contributed by atoms with Gasteiger partial charge in [-0.2, -0.15) is 15.0 Å². The quantitative estimate of drug-likeness (QED) is 0.336. The van der Waals surface area contributed by atoms with Crippen molar-refractivity contribution in [2.75, 3.05) is 17.2 Å². The summed E-state index contributed by atoms with van der Waals surface area (Å²) in [6.45, 7) is 2.08. The van der Waals surface area contributed by atoms with Crippen molar-refractivity contribution in [2.24, 2.45) is 5.14 Å². The van der Waals surface area contributed by atoms with Crippen LogP contribution in [0.3, 0.4) is 0 Å². The van der Waals surface area contributed by atoms with Gasteiger partial charge in [0.2, 0.25) is 21.9 Å². The van der Waals surface area contributed by atoms with Gasteiger partial charge in [-0.3, -0.25) is 0 Å². The van der Waals surface area contributed by atoms with Crippen LogP contribution >= 0.6 is 0 Å². The fraction of sp³-hybridized carbons (Fsp3) is 0.0455. The number of aryl methyl sites for hydroxylation is 1. The number of nitrogens with zero attached hydrogens (tertiary/aromatic N) is 3. The van der Waals surface area contributed by atoms with Gasteiger partial charge < -0.3 is 17.2 Å². The van der Waals surface area contributed by atoms with E-state index in [1.165, 1.54) is 29.8 Å². The third-order valence-electron chi connectivity index (χ3n) is 3.85. The summed E-state index contributed by atoms with van der Waals surface area (Å²) >= 11 is 0. The van der Waals surface area contributed by atoms with Crippen LogP contribution in [0.4, 0.5) is 17.6 Å². The van der Waals surface area contributed by atoms with Crippen LogP contribution in [-0.2, 0) is 10.0 Å². The molecule has 166 valence electrons. The van der Waals surface area contributed by atoms with E-state index in [0.717, 1.165) is 5.56 Å². The Balaban J connectivity index is 0.000000180. The van der Waals surface area contributed by atoms with Crippen LogP contribution in [0.2, 0.25) is 0 Å². The maximum atomic E-state index is 10.7. The molecule has 0 spiro atoms. The van der Waals surface area contributed by atoms with Gasteiger partial charge in [0.25, 0.3) is 0 Å². The van der Waals surface area contributed by atoms with E-state index < -0.39 is 10.0 Å². The average Bonchev–Trinajstić information content (AvgIpc) is 2.75. The third kappa shape index (κ3) is 8.38. The van der Waals surface area contributed by atoms with E-state index in [4.69, 9.17) is 22.3 Å². The second-order valence-electron chi connectivity index (χ2n) is 6.51. The lowest BCUT2D eigenvalue weighted by Gasteiger charge is -2.00. The highest BCUT2D eigenvalue weighted by molar-refractivity contribution is 7.89. The summed E-state index contributed by atoms with van der Waals surface area (Å²) in [5.41, 5.74) is 18.9. The Bertz CT molecular complexity index is 1200. The van der Waals surface area contributed by atoms with Crippen molar-refractivity contribution in [3.05, 3.63) is 90.5 Å². The van der Waals surface area contributed by atoms with Crippen molar-refractivity contribution in [3.8, 4) is 11.4 Å². The Morgan fingerprint density at radius 1 is 0.656 bits per heavy atom. The molecule has 0 bridgehead atoms. The molecule has 0 atom stereocenters. The van der Waals surface area contributed by atoms with Gasteiger partial charge in [-0.25, -0.2) is 13.6 Å². The van der Waals surface area contributed by atoms with Crippen LogP contribution in [0.5, 0.6) is 0 Å². The van der Waals surface area contributed by atoms with Gasteiger partial charge in [0, 0.05) is 11.3 Å².